The monoisotopic (exact) mass is 359 g/mol. The highest BCUT2D eigenvalue weighted by atomic mass is 19.4. The standard InChI is InChI=1S/C14H15F6NO3/c1-9(7-12(23,13(15,16)17)14(18,19)20)21-11(22)24-8-10-5-3-2-4-6-10/h2-6,9,23H,7-8H2,1H3,(H,21,22)/t9-/m0/s1. The van der Waals surface area contributed by atoms with E-state index in [0.717, 1.165) is 6.92 Å². The third-order valence-electron chi connectivity index (χ3n) is 3.12. The number of halogens is 6. The zero-order chi connectivity index (χ0) is 18.6. The molecule has 0 saturated heterocycles. The Bertz CT molecular complexity index is 530. The van der Waals surface area contributed by atoms with Crippen LogP contribution >= 0.6 is 0 Å². The summed E-state index contributed by atoms with van der Waals surface area (Å²) in [6.45, 7) is 0.689. The van der Waals surface area contributed by atoms with E-state index < -0.39 is 36.5 Å². The number of rotatable bonds is 5. The largest absolute Gasteiger partial charge is 0.445 e. The van der Waals surface area contributed by atoms with E-state index >= 15 is 0 Å². The number of aliphatic hydroxyl groups is 1. The van der Waals surface area contributed by atoms with E-state index in [1.165, 1.54) is 0 Å². The minimum absolute atomic E-state index is 0.206. The fourth-order valence-corrected chi connectivity index (χ4v) is 1.85. The number of ether oxygens (including phenoxy) is 1. The van der Waals surface area contributed by atoms with E-state index in [9.17, 15) is 31.1 Å². The first-order valence-electron chi connectivity index (χ1n) is 6.70. The van der Waals surface area contributed by atoms with Crippen molar-refractivity contribution in [2.24, 2.45) is 0 Å². The smallest absolute Gasteiger partial charge is 0.426 e. The first-order valence-corrected chi connectivity index (χ1v) is 6.70. The molecule has 24 heavy (non-hydrogen) atoms. The SMILES string of the molecule is C[C@@H](CC(O)(C(F)(F)F)C(F)(F)F)NC(=O)OCc1ccccc1. The lowest BCUT2D eigenvalue weighted by atomic mass is 9.94. The van der Waals surface area contributed by atoms with E-state index in [2.05, 4.69) is 0 Å². The Morgan fingerprint density at radius 1 is 1.12 bits per heavy atom. The molecule has 0 aliphatic rings. The number of alkyl halides is 6. The predicted molar refractivity (Wildman–Crippen MR) is 70.9 cm³/mol. The molecule has 1 rings (SSSR count). The van der Waals surface area contributed by atoms with Crippen molar-refractivity contribution in [1.82, 2.24) is 5.32 Å². The second-order valence-electron chi connectivity index (χ2n) is 5.17. The van der Waals surface area contributed by atoms with Crippen molar-refractivity contribution in [1.29, 1.82) is 0 Å². The highest BCUT2D eigenvalue weighted by molar-refractivity contribution is 5.67. The van der Waals surface area contributed by atoms with Gasteiger partial charge in [0.1, 0.15) is 6.61 Å². The van der Waals surface area contributed by atoms with E-state index in [1.807, 2.05) is 5.32 Å². The first-order chi connectivity index (χ1) is 10.9. The topological polar surface area (TPSA) is 58.6 Å². The Labute approximate surface area is 133 Å². The van der Waals surface area contributed by atoms with Crippen molar-refractivity contribution in [2.75, 3.05) is 0 Å². The van der Waals surface area contributed by atoms with Crippen LogP contribution in [0.25, 0.3) is 0 Å². The molecule has 1 aromatic carbocycles. The van der Waals surface area contributed by atoms with Gasteiger partial charge in [0.2, 0.25) is 0 Å². The maximum Gasteiger partial charge on any atom is 0.426 e. The summed E-state index contributed by atoms with van der Waals surface area (Å²) in [5, 5.41) is 10.9. The van der Waals surface area contributed by atoms with Gasteiger partial charge in [0.15, 0.2) is 0 Å². The Morgan fingerprint density at radius 3 is 2.08 bits per heavy atom. The lowest BCUT2D eigenvalue weighted by molar-refractivity contribution is -0.371. The summed E-state index contributed by atoms with van der Waals surface area (Å²) in [6, 6.07) is 6.62. The molecule has 0 unspecified atom stereocenters. The van der Waals surface area contributed by atoms with E-state index in [0.29, 0.717) is 5.56 Å². The predicted octanol–water partition coefficient (Wildman–Crippen LogP) is 3.55. The van der Waals surface area contributed by atoms with E-state index in [4.69, 9.17) is 9.84 Å². The maximum atomic E-state index is 12.6. The first kappa shape index (κ1) is 20.1. The van der Waals surface area contributed by atoms with Crippen molar-refractivity contribution >= 4 is 6.09 Å². The molecule has 1 amide bonds. The van der Waals surface area contributed by atoms with Crippen LogP contribution in [0.4, 0.5) is 31.1 Å². The van der Waals surface area contributed by atoms with Gasteiger partial charge in [0.05, 0.1) is 0 Å². The van der Waals surface area contributed by atoms with Crippen LogP contribution in [-0.4, -0.2) is 35.2 Å². The maximum absolute atomic E-state index is 12.6. The molecule has 0 radical (unpaired) electrons. The molecule has 0 saturated carbocycles. The Hall–Kier alpha value is -1.97. The van der Waals surface area contributed by atoms with Crippen molar-refractivity contribution in [3.8, 4) is 0 Å². The molecule has 0 fully saturated rings. The van der Waals surface area contributed by atoms with Gasteiger partial charge in [-0.3, -0.25) is 0 Å². The van der Waals surface area contributed by atoms with Crippen LogP contribution in [0.3, 0.4) is 0 Å². The molecule has 4 nitrogen and oxygen atoms in total. The van der Waals surface area contributed by atoms with Gasteiger partial charge in [-0.2, -0.15) is 26.3 Å². The summed E-state index contributed by atoms with van der Waals surface area (Å²) >= 11 is 0. The van der Waals surface area contributed by atoms with E-state index in [-0.39, 0.29) is 6.61 Å². The molecule has 0 aliphatic heterocycles. The molecule has 136 valence electrons. The Balaban J connectivity index is 2.63. The van der Waals surface area contributed by atoms with Crippen LogP contribution in [0.5, 0.6) is 0 Å². The summed E-state index contributed by atoms with van der Waals surface area (Å²) in [6.07, 6.45) is -14.9. The van der Waals surface area contributed by atoms with Crippen molar-refractivity contribution in [2.45, 2.75) is 43.9 Å². The van der Waals surface area contributed by atoms with E-state index in [1.54, 1.807) is 30.3 Å². The highest BCUT2D eigenvalue weighted by Crippen LogP contribution is 2.45. The number of hydrogen-bond acceptors (Lipinski definition) is 3. The summed E-state index contributed by atoms with van der Waals surface area (Å²) in [5.74, 6) is 0. The third-order valence-corrected chi connectivity index (χ3v) is 3.12. The lowest BCUT2D eigenvalue weighted by Gasteiger charge is -2.34. The van der Waals surface area contributed by atoms with Gasteiger partial charge < -0.3 is 15.2 Å². The molecule has 1 aromatic rings. The van der Waals surface area contributed by atoms with Crippen molar-refractivity contribution in [3.63, 3.8) is 0 Å². The molecule has 0 heterocycles. The van der Waals surface area contributed by atoms with Gasteiger partial charge in [-0.25, -0.2) is 4.79 Å². The fourth-order valence-electron chi connectivity index (χ4n) is 1.85. The van der Waals surface area contributed by atoms with Crippen LogP contribution in [0, 0.1) is 0 Å². The Morgan fingerprint density at radius 2 is 1.62 bits per heavy atom. The van der Waals surface area contributed by atoms with Gasteiger partial charge in [-0.15, -0.1) is 0 Å². The van der Waals surface area contributed by atoms with Gasteiger partial charge in [0.25, 0.3) is 5.60 Å². The summed E-state index contributed by atoms with van der Waals surface area (Å²) in [5.41, 5.74) is -4.34. The average molecular weight is 359 g/mol. The number of carbonyl (C=O) groups excluding carboxylic acids is 1. The molecular formula is C14H15F6NO3. The fraction of sp³-hybridized carbons (Fsp3) is 0.500. The second kappa shape index (κ2) is 7.29. The number of benzene rings is 1. The zero-order valence-corrected chi connectivity index (χ0v) is 12.4. The van der Waals surface area contributed by atoms with Gasteiger partial charge in [-0.1, -0.05) is 30.3 Å². The molecule has 0 aliphatic carbocycles. The molecule has 0 bridgehead atoms. The number of hydrogen-bond donors (Lipinski definition) is 2. The lowest BCUT2D eigenvalue weighted by Crippen LogP contribution is -2.59. The number of amides is 1. The normalized spacial score (nSPS) is 14.2. The van der Waals surface area contributed by atoms with Crippen LogP contribution in [0.1, 0.15) is 18.9 Å². The van der Waals surface area contributed by atoms with Crippen LogP contribution in [0.15, 0.2) is 30.3 Å². The average Bonchev–Trinajstić information content (AvgIpc) is 2.43. The van der Waals surface area contributed by atoms with Gasteiger partial charge in [-0.05, 0) is 12.5 Å². The van der Waals surface area contributed by atoms with Gasteiger partial charge in [0, 0.05) is 12.5 Å². The number of nitrogens with one attached hydrogen (secondary N) is 1. The molecule has 0 aromatic heterocycles. The molecule has 0 spiro atoms. The quantitative estimate of drug-likeness (QED) is 0.791. The van der Waals surface area contributed by atoms with Crippen molar-refractivity contribution in [3.05, 3.63) is 35.9 Å². The Kier molecular flexibility index (Phi) is 6.09. The number of carbonyl (C=O) groups is 1. The molecule has 2 N–H and O–H groups in total. The molecular weight excluding hydrogens is 344 g/mol. The van der Waals surface area contributed by atoms with Crippen LogP contribution < -0.4 is 5.32 Å². The van der Waals surface area contributed by atoms with Crippen LogP contribution in [0.2, 0.25) is 0 Å². The third kappa shape index (κ3) is 5.02. The van der Waals surface area contributed by atoms with Gasteiger partial charge >= 0.3 is 18.4 Å². The zero-order valence-electron chi connectivity index (χ0n) is 12.4. The number of alkyl carbamates (subject to hydrolysis) is 1. The second-order valence-corrected chi connectivity index (χ2v) is 5.17. The minimum Gasteiger partial charge on any atom is -0.445 e. The summed E-state index contributed by atoms with van der Waals surface area (Å²) < 4.78 is 80.0. The van der Waals surface area contributed by atoms with Crippen molar-refractivity contribution < 1.29 is 41.0 Å². The molecule has 1 atom stereocenters. The summed E-state index contributed by atoms with van der Waals surface area (Å²) in [4.78, 5) is 11.4. The highest BCUT2D eigenvalue weighted by Gasteiger charge is 2.70. The minimum atomic E-state index is -5.94. The summed E-state index contributed by atoms with van der Waals surface area (Å²) in [7, 11) is 0. The molecule has 10 heteroatoms. The van der Waals surface area contributed by atoms with Crippen LogP contribution in [-0.2, 0) is 11.3 Å².